The van der Waals surface area contributed by atoms with E-state index in [0.29, 0.717) is 5.69 Å². The van der Waals surface area contributed by atoms with Gasteiger partial charge in [0, 0.05) is 5.69 Å². The van der Waals surface area contributed by atoms with Crippen LogP contribution in [0.5, 0.6) is 0 Å². The summed E-state index contributed by atoms with van der Waals surface area (Å²) in [5.41, 5.74) is 1.57. The third-order valence-electron chi connectivity index (χ3n) is 4.14. The molecule has 0 aromatic heterocycles. The Morgan fingerprint density at radius 1 is 1.10 bits per heavy atom. The number of anilines is 1. The van der Waals surface area contributed by atoms with Crippen molar-refractivity contribution in [2.45, 2.75) is 44.1 Å². The largest absolute Gasteiger partial charge is 0.449 e. The van der Waals surface area contributed by atoms with Crippen LogP contribution >= 0.6 is 11.6 Å². The molecule has 0 aliphatic heterocycles. The first-order valence-corrected chi connectivity index (χ1v) is 10.7. The molecule has 1 atom stereocenters. The first-order chi connectivity index (χ1) is 13.3. The molecule has 29 heavy (non-hydrogen) atoms. The lowest BCUT2D eigenvalue weighted by molar-refractivity contribution is -0.123. The fourth-order valence-corrected chi connectivity index (χ4v) is 3.50. The van der Waals surface area contributed by atoms with Crippen molar-refractivity contribution < 1.29 is 22.7 Å². The van der Waals surface area contributed by atoms with Gasteiger partial charge < -0.3 is 10.1 Å². The van der Waals surface area contributed by atoms with Gasteiger partial charge in [0.2, 0.25) is 10.0 Å². The van der Waals surface area contributed by atoms with Crippen LogP contribution in [0.1, 0.15) is 43.6 Å². The van der Waals surface area contributed by atoms with Gasteiger partial charge in [0.1, 0.15) is 4.90 Å². The lowest BCUT2D eigenvalue weighted by Crippen LogP contribution is -2.30. The monoisotopic (exact) mass is 438 g/mol. The lowest BCUT2D eigenvalue weighted by atomic mass is 9.87. The van der Waals surface area contributed by atoms with Gasteiger partial charge in [0.25, 0.3) is 5.91 Å². The molecule has 1 amide bonds. The van der Waals surface area contributed by atoms with Crippen LogP contribution in [0, 0.1) is 0 Å². The first kappa shape index (κ1) is 22.9. The number of ether oxygens (including phenoxy) is 1. The molecule has 7 nitrogen and oxygen atoms in total. The maximum Gasteiger partial charge on any atom is 0.338 e. The zero-order valence-corrected chi connectivity index (χ0v) is 18.1. The fourth-order valence-electron chi connectivity index (χ4n) is 2.43. The van der Waals surface area contributed by atoms with Gasteiger partial charge in [0.15, 0.2) is 6.10 Å². The number of carbonyl (C=O) groups is 2. The van der Waals surface area contributed by atoms with Crippen LogP contribution in [-0.4, -0.2) is 26.4 Å². The van der Waals surface area contributed by atoms with Crippen molar-refractivity contribution in [3.8, 4) is 0 Å². The minimum atomic E-state index is -4.11. The van der Waals surface area contributed by atoms with Crippen LogP contribution in [0.4, 0.5) is 5.69 Å². The molecule has 0 heterocycles. The molecule has 0 saturated heterocycles. The van der Waals surface area contributed by atoms with Crippen LogP contribution < -0.4 is 10.5 Å². The van der Waals surface area contributed by atoms with Crippen LogP contribution in [0.2, 0.25) is 5.02 Å². The number of hydrogen-bond acceptors (Lipinski definition) is 5. The molecule has 0 aliphatic rings. The molecule has 2 aromatic rings. The van der Waals surface area contributed by atoms with Crippen molar-refractivity contribution in [3.05, 3.63) is 58.6 Å². The topological polar surface area (TPSA) is 116 Å². The summed E-state index contributed by atoms with van der Waals surface area (Å²) in [4.78, 5) is 24.2. The maximum absolute atomic E-state index is 12.3. The maximum atomic E-state index is 12.3. The number of halogens is 1. The van der Waals surface area contributed by atoms with Gasteiger partial charge in [-0.2, -0.15) is 0 Å². The Hall–Kier alpha value is -2.42. The molecule has 3 N–H and O–H groups in total. The van der Waals surface area contributed by atoms with Gasteiger partial charge in [-0.05, 0) is 48.2 Å². The first-order valence-electron chi connectivity index (χ1n) is 8.74. The Bertz CT molecular complexity index is 1030. The average molecular weight is 439 g/mol. The van der Waals surface area contributed by atoms with Crippen LogP contribution in [-0.2, 0) is 25.0 Å². The Balaban J connectivity index is 2.07. The molecule has 156 valence electrons. The number of benzene rings is 2. The number of esters is 1. The Morgan fingerprint density at radius 2 is 1.69 bits per heavy atom. The standard InChI is InChI=1S/C20H23ClN2O5S/c1-12(18(24)23-15-8-6-14(7-9-15)20(2,3)4)28-19(25)13-5-10-16(21)17(11-13)29(22,26)27/h5-12H,1-4H3,(H,23,24)(H2,22,26,27). The third-order valence-corrected chi connectivity index (χ3v) is 5.54. The number of nitrogens with one attached hydrogen (secondary N) is 1. The van der Waals surface area contributed by atoms with Crippen molar-refractivity contribution in [2.75, 3.05) is 5.32 Å². The number of rotatable bonds is 5. The highest BCUT2D eigenvalue weighted by Gasteiger charge is 2.22. The van der Waals surface area contributed by atoms with Gasteiger partial charge in [-0.25, -0.2) is 18.4 Å². The van der Waals surface area contributed by atoms with Crippen LogP contribution in [0.15, 0.2) is 47.4 Å². The summed E-state index contributed by atoms with van der Waals surface area (Å²) in [5, 5.41) is 7.62. The number of amides is 1. The summed E-state index contributed by atoms with van der Waals surface area (Å²) in [6.07, 6.45) is -1.11. The summed E-state index contributed by atoms with van der Waals surface area (Å²) in [7, 11) is -4.11. The highest BCUT2D eigenvalue weighted by atomic mass is 35.5. The quantitative estimate of drug-likeness (QED) is 0.693. The molecular weight excluding hydrogens is 416 g/mol. The van der Waals surface area contributed by atoms with Crippen LogP contribution in [0.3, 0.4) is 0 Å². The third kappa shape index (κ3) is 6.03. The van der Waals surface area contributed by atoms with Crippen molar-refractivity contribution in [1.29, 1.82) is 0 Å². The molecule has 2 rings (SSSR count). The van der Waals surface area contributed by atoms with E-state index in [9.17, 15) is 18.0 Å². The molecule has 0 bridgehead atoms. The van der Waals surface area contributed by atoms with E-state index in [1.54, 1.807) is 12.1 Å². The summed E-state index contributed by atoms with van der Waals surface area (Å²) < 4.78 is 28.2. The van der Waals surface area contributed by atoms with E-state index in [1.165, 1.54) is 19.1 Å². The van der Waals surface area contributed by atoms with E-state index < -0.39 is 32.9 Å². The molecule has 1 unspecified atom stereocenters. The fraction of sp³-hybridized carbons (Fsp3) is 0.300. The van der Waals surface area contributed by atoms with E-state index in [4.69, 9.17) is 21.5 Å². The smallest absolute Gasteiger partial charge is 0.338 e. The number of nitrogens with two attached hydrogens (primary N) is 1. The summed E-state index contributed by atoms with van der Waals surface area (Å²) in [6, 6.07) is 10.9. The zero-order chi connectivity index (χ0) is 22.0. The summed E-state index contributed by atoms with van der Waals surface area (Å²) >= 11 is 5.80. The van der Waals surface area contributed by atoms with Gasteiger partial charge in [-0.1, -0.05) is 44.5 Å². The Labute approximate surface area is 175 Å². The SMILES string of the molecule is CC(OC(=O)c1ccc(Cl)c(S(N)(=O)=O)c1)C(=O)Nc1ccc(C(C)(C)C)cc1. The van der Waals surface area contributed by atoms with Crippen molar-refractivity contribution >= 4 is 39.2 Å². The molecule has 2 aromatic carbocycles. The highest BCUT2D eigenvalue weighted by molar-refractivity contribution is 7.89. The number of sulfonamides is 1. The normalized spacial score (nSPS) is 12.9. The van der Waals surface area contributed by atoms with Crippen molar-refractivity contribution in [1.82, 2.24) is 0 Å². The second kappa shape index (κ2) is 8.52. The number of primary sulfonamides is 1. The highest BCUT2D eigenvalue weighted by Crippen LogP contribution is 2.24. The molecule has 0 saturated carbocycles. The molecule has 0 radical (unpaired) electrons. The number of carbonyl (C=O) groups excluding carboxylic acids is 2. The van der Waals surface area contributed by atoms with E-state index in [0.717, 1.165) is 11.6 Å². The van der Waals surface area contributed by atoms with Gasteiger partial charge in [-0.3, -0.25) is 4.79 Å². The molecule has 0 fully saturated rings. The minimum absolute atomic E-state index is 0.0141. The van der Waals surface area contributed by atoms with Gasteiger partial charge >= 0.3 is 5.97 Å². The number of hydrogen-bond donors (Lipinski definition) is 2. The van der Waals surface area contributed by atoms with E-state index >= 15 is 0 Å². The Morgan fingerprint density at radius 3 is 2.21 bits per heavy atom. The van der Waals surface area contributed by atoms with Gasteiger partial charge in [0.05, 0.1) is 10.6 Å². The van der Waals surface area contributed by atoms with E-state index in [-0.39, 0.29) is 16.0 Å². The van der Waals surface area contributed by atoms with Crippen molar-refractivity contribution in [3.63, 3.8) is 0 Å². The molecule has 0 spiro atoms. The zero-order valence-electron chi connectivity index (χ0n) is 16.5. The van der Waals surface area contributed by atoms with Crippen LogP contribution in [0.25, 0.3) is 0 Å². The van der Waals surface area contributed by atoms with Crippen molar-refractivity contribution in [2.24, 2.45) is 5.14 Å². The summed E-state index contributed by atoms with van der Waals surface area (Å²) in [6.45, 7) is 7.66. The summed E-state index contributed by atoms with van der Waals surface area (Å²) in [5.74, 6) is -1.40. The predicted octanol–water partition coefficient (Wildman–Crippen LogP) is 3.47. The second-order valence-electron chi connectivity index (χ2n) is 7.55. The minimum Gasteiger partial charge on any atom is -0.449 e. The lowest BCUT2D eigenvalue weighted by Gasteiger charge is -2.19. The molecular formula is C20H23ClN2O5S. The second-order valence-corrected chi connectivity index (χ2v) is 9.49. The van der Waals surface area contributed by atoms with Gasteiger partial charge in [-0.15, -0.1) is 0 Å². The molecule has 9 heteroatoms. The van der Waals surface area contributed by atoms with E-state index in [1.807, 2.05) is 12.1 Å². The molecule has 0 aliphatic carbocycles. The Kier molecular flexibility index (Phi) is 6.72. The van der Waals surface area contributed by atoms with E-state index in [2.05, 4.69) is 26.1 Å². The average Bonchev–Trinajstić information content (AvgIpc) is 2.60. The predicted molar refractivity (Wildman–Crippen MR) is 111 cm³/mol.